The molecule has 26 heavy (non-hydrogen) atoms. The van der Waals surface area contributed by atoms with E-state index in [0.717, 1.165) is 6.07 Å². The summed E-state index contributed by atoms with van der Waals surface area (Å²) in [6, 6.07) is 1.91. The van der Waals surface area contributed by atoms with Gasteiger partial charge in [-0.05, 0) is 12.5 Å². The number of nitrogens with one attached hydrogen (secondary N) is 2. The Balaban J connectivity index is 0.00000338. The van der Waals surface area contributed by atoms with Crippen molar-refractivity contribution in [3.63, 3.8) is 0 Å². The van der Waals surface area contributed by atoms with E-state index in [9.17, 15) is 28.1 Å². The van der Waals surface area contributed by atoms with Crippen LogP contribution in [0.25, 0.3) is 0 Å². The largest absolute Gasteiger partial charge is 0.405 e. The van der Waals surface area contributed by atoms with Crippen LogP contribution < -0.4 is 10.6 Å². The molecule has 0 aliphatic carbocycles. The first-order chi connectivity index (χ1) is 11.7. The van der Waals surface area contributed by atoms with Crippen LogP contribution >= 0.6 is 12.4 Å². The molecule has 1 aliphatic rings. The fourth-order valence-electron chi connectivity index (χ4n) is 2.70. The summed E-state index contributed by atoms with van der Waals surface area (Å²) in [4.78, 5) is 23.6. The normalized spacial score (nSPS) is 16.5. The number of carbonyl (C=O) groups is 1. The van der Waals surface area contributed by atoms with E-state index in [-0.39, 0.29) is 36.7 Å². The number of nitro groups is 1. The molecular formula is C15H20ClF3N4O3. The second-order valence-corrected chi connectivity index (χ2v) is 5.81. The molecule has 11 heteroatoms. The van der Waals surface area contributed by atoms with Gasteiger partial charge in [0.05, 0.1) is 4.92 Å². The molecular weight excluding hydrogens is 377 g/mol. The highest BCUT2D eigenvalue weighted by atomic mass is 35.5. The van der Waals surface area contributed by atoms with Crippen LogP contribution in [0, 0.1) is 17.0 Å². The summed E-state index contributed by atoms with van der Waals surface area (Å²) in [6.45, 7) is 2.32. The van der Waals surface area contributed by atoms with Crippen LogP contribution in [-0.4, -0.2) is 60.7 Å². The van der Waals surface area contributed by atoms with Crippen molar-refractivity contribution in [1.29, 1.82) is 0 Å². The van der Waals surface area contributed by atoms with Gasteiger partial charge in [0.25, 0.3) is 11.6 Å². The fraction of sp³-hybridized carbons (Fsp3) is 0.533. The summed E-state index contributed by atoms with van der Waals surface area (Å²) in [5.74, 6) is -0.759. The number of nitrogens with zero attached hydrogens (tertiary/aromatic N) is 2. The number of nitro benzene ring substituents is 1. The number of piperazine rings is 1. The summed E-state index contributed by atoms with van der Waals surface area (Å²) in [6.07, 6.45) is -4.48. The van der Waals surface area contributed by atoms with Crippen LogP contribution in [0.3, 0.4) is 0 Å². The topological polar surface area (TPSA) is 87.5 Å². The zero-order chi connectivity index (χ0) is 18.6. The first-order valence-electron chi connectivity index (χ1n) is 7.75. The second kappa shape index (κ2) is 9.15. The van der Waals surface area contributed by atoms with Crippen molar-refractivity contribution in [3.05, 3.63) is 39.4 Å². The molecule has 146 valence electrons. The maximum absolute atomic E-state index is 13.3. The maximum Gasteiger partial charge on any atom is 0.405 e. The summed E-state index contributed by atoms with van der Waals surface area (Å²) in [5, 5.41) is 16.0. The Kier molecular flexibility index (Phi) is 7.79. The molecule has 0 aromatic heterocycles. The van der Waals surface area contributed by atoms with Crippen LogP contribution in [0.2, 0.25) is 0 Å². The Morgan fingerprint density at radius 3 is 2.54 bits per heavy atom. The van der Waals surface area contributed by atoms with Gasteiger partial charge in [-0.25, -0.2) is 0 Å². The molecule has 1 aliphatic heterocycles. The number of aryl methyl sites for hydroxylation is 1. The van der Waals surface area contributed by atoms with Gasteiger partial charge in [0.1, 0.15) is 6.04 Å². The van der Waals surface area contributed by atoms with Gasteiger partial charge in [0, 0.05) is 50.4 Å². The highest BCUT2D eigenvalue weighted by Crippen LogP contribution is 2.25. The summed E-state index contributed by atoms with van der Waals surface area (Å²) in [7, 11) is 0. The van der Waals surface area contributed by atoms with E-state index in [1.807, 2.05) is 0 Å². The Morgan fingerprint density at radius 2 is 2.00 bits per heavy atom. The van der Waals surface area contributed by atoms with Gasteiger partial charge in [-0.1, -0.05) is 6.07 Å². The highest BCUT2D eigenvalue weighted by molar-refractivity contribution is 5.96. The number of alkyl halides is 3. The lowest BCUT2D eigenvalue weighted by Gasteiger charge is -2.35. The van der Waals surface area contributed by atoms with Crippen LogP contribution in [0.1, 0.15) is 15.9 Å². The summed E-state index contributed by atoms with van der Waals surface area (Å²) >= 11 is 0. The predicted octanol–water partition coefficient (Wildman–Crippen LogP) is 1.89. The molecule has 1 amide bonds. The molecule has 2 rings (SSSR count). The number of benzene rings is 1. The van der Waals surface area contributed by atoms with E-state index in [2.05, 4.69) is 10.6 Å². The molecule has 0 bridgehead atoms. The number of hydrogen-bond donors (Lipinski definition) is 2. The Hall–Kier alpha value is -1.91. The zero-order valence-electron chi connectivity index (χ0n) is 14.0. The average Bonchev–Trinajstić information content (AvgIpc) is 2.54. The summed E-state index contributed by atoms with van der Waals surface area (Å²) in [5.41, 5.74) is 0.162. The van der Waals surface area contributed by atoms with Crippen molar-refractivity contribution in [2.45, 2.75) is 19.1 Å². The van der Waals surface area contributed by atoms with Crippen LogP contribution in [0.4, 0.5) is 18.9 Å². The number of halogens is 4. The minimum Gasteiger partial charge on any atom is -0.350 e. The molecule has 1 saturated heterocycles. The van der Waals surface area contributed by atoms with E-state index in [1.165, 1.54) is 17.0 Å². The minimum absolute atomic E-state index is 0. The lowest BCUT2D eigenvalue weighted by atomic mass is 10.1. The molecule has 0 saturated carbocycles. The molecule has 1 aromatic rings. The Morgan fingerprint density at radius 1 is 1.38 bits per heavy atom. The van der Waals surface area contributed by atoms with Crippen molar-refractivity contribution < 1.29 is 22.9 Å². The average molecular weight is 397 g/mol. The van der Waals surface area contributed by atoms with Crippen LogP contribution in [-0.2, 0) is 0 Å². The first-order valence-corrected chi connectivity index (χ1v) is 7.75. The quantitative estimate of drug-likeness (QED) is 0.586. The van der Waals surface area contributed by atoms with Crippen LogP contribution in [0.5, 0.6) is 0 Å². The molecule has 0 radical (unpaired) electrons. The number of carbonyl (C=O) groups excluding carboxylic acids is 1. The smallest absolute Gasteiger partial charge is 0.350 e. The maximum atomic E-state index is 13.3. The number of rotatable bonds is 5. The fourth-order valence-corrected chi connectivity index (χ4v) is 2.70. The number of hydrogen-bond acceptors (Lipinski definition) is 5. The Labute approximate surface area is 154 Å². The van der Waals surface area contributed by atoms with Crippen molar-refractivity contribution in [2.24, 2.45) is 0 Å². The number of amides is 1. The molecule has 1 unspecified atom stereocenters. The van der Waals surface area contributed by atoms with E-state index in [1.54, 1.807) is 6.92 Å². The third kappa shape index (κ3) is 5.55. The van der Waals surface area contributed by atoms with Crippen molar-refractivity contribution in [3.8, 4) is 0 Å². The molecule has 1 atom stereocenters. The standard InChI is InChI=1S/C15H19F3N4O3.ClH/c1-10-2-3-11(22(24)25)8-12(10)14(23)20-9-13(15(16,17)18)21-6-4-19-5-7-21;/h2-3,8,13,19H,4-7,9H2,1H3,(H,20,23);1H. The lowest BCUT2D eigenvalue weighted by molar-refractivity contribution is -0.384. The van der Waals surface area contributed by atoms with E-state index in [4.69, 9.17) is 0 Å². The van der Waals surface area contributed by atoms with E-state index < -0.39 is 29.6 Å². The first kappa shape index (κ1) is 22.1. The van der Waals surface area contributed by atoms with Gasteiger partial charge in [0.15, 0.2) is 0 Å². The van der Waals surface area contributed by atoms with Gasteiger partial charge in [-0.2, -0.15) is 13.2 Å². The van der Waals surface area contributed by atoms with Gasteiger partial charge in [0.2, 0.25) is 0 Å². The SMILES string of the molecule is Cc1ccc([N+](=O)[O-])cc1C(=O)NCC(N1CCNCC1)C(F)(F)F.Cl. The monoisotopic (exact) mass is 396 g/mol. The summed E-state index contributed by atoms with van der Waals surface area (Å²) < 4.78 is 39.9. The second-order valence-electron chi connectivity index (χ2n) is 5.81. The molecule has 0 spiro atoms. The van der Waals surface area contributed by atoms with E-state index in [0.29, 0.717) is 18.7 Å². The van der Waals surface area contributed by atoms with Crippen molar-refractivity contribution in [1.82, 2.24) is 15.5 Å². The van der Waals surface area contributed by atoms with Gasteiger partial charge < -0.3 is 10.6 Å². The molecule has 1 aromatic carbocycles. The third-order valence-electron chi connectivity index (χ3n) is 4.10. The third-order valence-corrected chi connectivity index (χ3v) is 4.10. The lowest BCUT2D eigenvalue weighted by Crippen LogP contribution is -2.57. The van der Waals surface area contributed by atoms with Crippen molar-refractivity contribution in [2.75, 3.05) is 32.7 Å². The predicted molar refractivity (Wildman–Crippen MR) is 91.7 cm³/mol. The van der Waals surface area contributed by atoms with Gasteiger partial charge in [-0.3, -0.25) is 19.8 Å². The molecule has 1 heterocycles. The molecule has 1 fully saturated rings. The highest BCUT2D eigenvalue weighted by Gasteiger charge is 2.43. The molecule has 7 nitrogen and oxygen atoms in total. The van der Waals surface area contributed by atoms with Crippen molar-refractivity contribution >= 4 is 24.0 Å². The number of non-ortho nitro benzene ring substituents is 1. The molecule has 2 N–H and O–H groups in total. The zero-order valence-corrected chi connectivity index (χ0v) is 14.8. The van der Waals surface area contributed by atoms with Crippen LogP contribution in [0.15, 0.2) is 18.2 Å². The Bertz CT molecular complexity index is 652. The van der Waals surface area contributed by atoms with E-state index >= 15 is 0 Å². The van der Waals surface area contributed by atoms with Gasteiger partial charge >= 0.3 is 6.18 Å². The van der Waals surface area contributed by atoms with Gasteiger partial charge in [-0.15, -0.1) is 12.4 Å². The minimum atomic E-state index is -4.48.